The Balaban J connectivity index is 1.64. The van der Waals surface area contributed by atoms with Gasteiger partial charge in [-0.15, -0.1) is 0 Å². The van der Waals surface area contributed by atoms with Crippen molar-refractivity contribution in [1.82, 2.24) is 9.55 Å². The second-order valence-corrected chi connectivity index (χ2v) is 6.96. The van der Waals surface area contributed by atoms with Crippen LogP contribution in [0.1, 0.15) is 42.1 Å². The Morgan fingerprint density at radius 3 is 2.59 bits per heavy atom. The predicted molar refractivity (Wildman–Crippen MR) is 114 cm³/mol. The van der Waals surface area contributed by atoms with Gasteiger partial charge in [0.05, 0.1) is 11.0 Å². The van der Waals surface area contributed by atoms with E-state index < -0.39 is 0 Å². The molecule has 0 saturated carbocycles. The standard InChI is InChI=1S/C23H27N3O3/c1-3-29-16-6-15-26-20-8-5-4-7-19(20)24-23(26)25-22(28)14-13-21(27)18-11-9-17(2)10-12-18/h4-5,7-12H,3,6,13-16H2,1-2H3,(H,24,25,28). The van der Waals surface area contributed by atoms with Crippen molar-refractivity contribution >= 4 is 28.7 Å². The number of aromatic nitrogens is 2. The number of aryl methyl sites for hydroxylation is 2. The van der Waals surface area contributed by atoms with Gasteiger partial charge in [-0.1, -0.05) is 42.0 Å². The van der Waals surface area contributed by atoms with E-state index in [4.69, 9.17) is 4.74 Å². The number of benzene rings is 2. The van der Waals surface area contributed by atoms with Gasteiger partial charge in [-0.2, -0.15) is 0 Å². The summed E-state index contributed by atoms with van der Waals surface area (Å²) in [6, 6.07) is 15.2. The Hall–Kier alpha value is -2.99. The molecule has 0 aliphatic rings. The van der Waals surface area contributed by atoms with Gasteiger partial charge in [0, 0.05) is 38.2 Å². The number of hydrogen-bond acceptors (Lipinski definition) is 4. The lowest BCUT2D eigenvalue weighted by Crippen LogP contribution is -2.17. The Labute approximate surface area is 170 Å². The summed E-state index contributed by atoms with van der Waals surface area (Å²) in [5.74, 6) is 0.257. The van der Waals surface area contributed by atoms with Crippen molar-refractivity contribution in [3.63, 3.8) is 0 Å². The summed E-state index contributed by atoms with van der Waals surface area (Å²) in [6.45, 7) is 5.97. The second-order valence-electron chi connectivity index (χ2n) is 6.96. The minimum atomic E-state index is -0.216. The van der Waals surface area contributed by atoms with Crippen molar-refractivity contribution in [2.75, 3.05) is 18.5 Å². The molecule has 1 N–H and O–H groups in total. The van der Waals surface area contributed by atoms with Crippen LogP contribution in [0.4, 0.5) is 5.95 Å². The highest BCUT2D eigenvalue weighted by atomic mass is 16.5. The summed E-state index contributed by atoms with van der Waals surface area (Å²) in [5.41, 5.74) is 3.53. The van der Waals surface area contributed by atoms with Gasteiger partial charge < -0.3 is 9.30 Å². The molecule has 1 aromatic heterocycles. The number of hydrogen-bond donors (Lipinski definition) is 1. The smallest absolute Gasteiger partial charge is 0.227 e. The minimum Gasteiger partial charge on any atom is -0.382 e. The zero-order chi connectivity index (χ0) is 20.6. The van der Waals surface area contributed by atoms with Crippen LogP contribution in [0.15, 0.2) is 48.5 Å². The molecule has 1 amide bonds. The van der Waals surface area contributed by atoms with Crippen molar-refractivity contribution < 1.29 is 14.3 Å². The average Bonchev–Trinajstić information content (AvgIpc) is 3.07. The molecule has 6 heteroatoms. The maximum atomic E-state index is 12.5. The topological polar surface area (TPSA) is 73.2 Å². The number of amides is 1. The number of imidazole rings is 1. The van der Waals surface area contributed by atoms with Crippen LogP contribution >= 0.6 is 0 Å². The van der Waals surface area contributed by atoms with Gasteiger partial charge >= 0.3 is 0 Å². The fourth-order valence-corrected chi connectivity index (χ4v) is 3.16. The highest BCUT2D eigenvalue weighted by Gasteiger charge is 2.14. The molecule has 6 nitrogen and oxygen atoms in total. The fraction of sp³-hybridized carbons (Fsp3) is 0.348. The molecule has 29 heavy (non-hydrogen) atoms. The maximum absolute atomic E-state index is 12.5. The molecule has 0 bridgehead atoms. The molecule has 1 heterocycles. The van der Waals surface area contributed by atoms with Gasteiger partial charge in [-0.25, -0.2) is 4.98 Å². The fourth-order valence-electron chi connectivity index (χ4n) is 3.16. The van der Waals surface area contributed by atoms with E-state index in [1.807, 2.05) is 54.8 Å². The molecule has 0 unspecified atom stereocenters. The first-order valence-corrected chi connectivity index (χ1v) is 10.0. The number of carbonyl (C=O) groups is 2. The van der Waals surface area contributed by atoms with E-state index in [1.54, 1.807) is 12.1 Å². The number of anilines is 1. The van der Waals surface area contributed by atoms with Crippen molar-refractivity contribution in [3.8, 4) is 0 Å². The maximum Gasteiger partial charge on any atom is 0.227 e. The number of nitrogens with one attached hydrogen (secondary N) is 1. The Kier molecular flexibility index (Phi) is 7.14. The molecule has 0 aliphatic carbocycles. The number of ketones is 1. The predicted octanol–water partition coefficient (Wildman–Crippen LogP) is 4.37. The Morgan fingerprint density at radius 1 is 1.07 bits per heavy atom. The minimum absolute atomic E-state index is 0.0367. The van der Waals surface area contributed by atoms with Crippen LogP contribution in [-0.4, -0.2) is 34.5 Å². The number of rotatable bonds is 10. The zero-order valence-electron chi connectivity index (χ0n) is 17.0. The number of para-hydroxylation sites is 2. The molecule has 0 spiro atoms. The van der Waals surface area contributed by atoms with E-state index in [0.29, 0.717) is 31.3 Å². The lowest BCUT2D eigenvalue weighted by molar-refractivity contribution is -0.116. The van der Waals surface area contributed by atoms with E-state index in [1.165, 1.54) is 0 Å². The molecule has 0 radical (unpaired) electrons. The summed E-state index contributed by atoms with van der Waals surface area (Å²) in [7, 11) is 0. The zero-order valence-corrected chi connectivity index (χ0v) is 17.0. The van der Waals surface area contributed by atoms with Crippen LogP contribution in [0.5, 0.6) is 0 Å². The first-order valence-electron chi connectivity index (χ1n) is 10.0. The molecule has 3 aromatic rings. The first-order chi connectivity index (χ1) is 14.1. The van der Waals surface area contributed by atoms with Crippen LogP contribution in [0.3, 0.4) is 0 Å². The van der Waals surface area contributed by atoms with Crippen LogP contribution < -0.4 is 5.32 Å². The summed E-state index contributed by atoms with van der Waals surface area (Å²) < 4.78 is 7.41. The summed E-state index contributed by atoms with van der Waals surface area (Å²) in [6.07, 6.45) is 1.11. The normalized spacial score (nSPS) is 11.0. The van der Waals surface area contributed by atoms with Crippen molar-refractivity contribution in [2.24, 2.45) is 0 Å². The number of carbonyl (C=O) groups excluding carboxylic acids is 2. The summed E-state index contributed by atoms with van der Waals surface area (Å²) in [5, 5.41) is 2.88. The third kappa shape index (κ3) is 5.51. The highest BCUT2D eigenvalue weighted by Crippen LogP contribution is 2.20. The third-order valence-electron chi connectivity index (χ3n) is 4.73. The average molecular weight is 393 g/mol. The van der Waals surface area contributed by atoms with Gasteiger partial charge in [0.2, 0.25) is 11.9 Å². The van der Waals surface area contributed by atoms with Crippen LogP contribution in [0.25, 0.3) is 11.0 Å². The van der Waals surface area contributed by atoms with E-state index in [0.717, 1.165) is 23.0 Å². The van der Waals surface area contributed by atoms with Crippen LogP contribution in [-0.2, 0) is 16.1 Å². The quantitative estimate of drug-likeness (QED) is 0.410. The van der Waals surface area contributed by atoms with E-state index in [9.17, 15) is 9.59 Å². The first kappa shape index (κ1) is 20.7. The molecule has 3 rings (SSSR count). The highest BCUT2D eigenvalue weighted by molar-refractivity contribution is 6.00. The molecule has 0 fully saturated rings. The molecule has 2 aromatic carbocycles. The number of ether oxygens (including phenoxy) is 1. The SMILES string of the molecule is CCOCCCn1c(NC(=O)CCC(=O)c2ccc(C)cc2)nc2ccccc21. The second kappa shape index (κ2) is 9.98. The molecule has 0 saturated heterocycles. The Morgan fingerprint density at radius 2 is 1.83 bits per heavy atom. The van der Waals surface area contributed by atoms with Crippen molar-refractivity contribution in [1.29, 1.82) is 0 Å². The third-order valence-corrected chi connectivity index (χ3v) is 4.73. The lowest BCUT2D eigenvalue weighted by Gasteiger charge is -2.10. The van der Waals surface area contributed by atoms with Gasteiger partial charge in [0.1, 0.15) is 0 Å². The number of nitrogens with zero attached hydrogens (tertiary/aromatic N) is 2. The van der Waals surface area contributed by atoms with Crippen molar-refractivity contribution in [2.45, 2.75) is 39.7 Å². The summed E-state index contributed by atoms with van der Waals surface area (Å²) >= 11 is 0. The summed E-state index contributed by atoms with van der Waals surface area (Å²) in [4.78, 5) is 29.3. The van der Waals surface area contributed by atoms with Crippen LogP contribution in [0, 0.1) is 6.92 Å². The van der Waals surface area contributed by atoms with E-state index >= 15 is 0 Å². The molecular formula is C23H27N3O3. The molecular weight excluding hydrogens is 366 g/mol. The van der Waals surface area contributed by atoms with Gasteiger partial charge in [0.15, 0.2) is 5.78 Å². The lowest BCUT2D eigenvalue weighted by atomic mass is 10.1. The largest absolute Gasteiger partial charge is 0.382 e. The molecule has 0 aliphatic heterocycles. The van der Waals surface area contributed by atoms with Crippen LogP contribution in [0.2, 0.25) is 0 Å². The molecule has 152 valence electrons. The van der Waals surface area contributed by atoms with Gasteiger partial charge in [-0.3, -0.25) is 14.9 Å². The monoisotopic (exact) mass is 393 g/mol. The number of Topliss-reactive ketones (excluding diaryl/α,β-unsaturated/α-hetero) is 1. The van der Waals surface area contributed by atoms with E-state index in [2.05, 4.69) is 10.3 Å². The molecule has 0 atom stereocenters. The Bertz CT molecular complexity index is 977. The van der Waals surface area contributed by atoms with Gasteiger partial charge in [0.25, 0.3) is 0 Å². The van der Waals surface area contributed by atoms with E-state index in [-0.39, 0.29) is 24.5 Å². The number of fused-ring (bicyclic) bond motifs is 1. The van der Waals surface area contributed by atoms with Gasteiger partial charge in [-0.05, 0) is 32.4 Å². The van der Waals surface area contributed by atoms with Crippen molar-refractivity contribution in [3.05, 3.63) is 59.7 Å².